The smallest absolute Gasteiger partial charge is 0.156 e. The first-order chi connectivity index (χ1) is 11.3. The second-order valence-electron chi connectivity index (χ2n) is 5.15. The lowest BCUT2D eigenvalue weighted by molar-refractivity contribution is 0.301. The van der Waals surface area contributed by atoms with Gasteiger partial charge in [-0.25, -0.2) is 9.50 Å². The lowest BCUT2D eigenvalue weighted by Gasteiger charge is -2.23. The summed E-state index contributed by atoms with van der Waals surface area (Å²) in [5, 5.41) is 13.6. The molecule has 23 heavy (non-hydrogen) atoms. The number of hydrogen-bond acceptors (Lipinski definition) is 5. The van der Waals surface area contributed by atoms with E-state index in [0.717, 1.165) is 22.6 Å². The van der Waals surface area contributed by atoms with Crippen molar-refractivity contribution in [1.82, 2.24) is 14.6 Å². The van der Waals surface area contributed by atoms with E-state index in [2.05, 4.69) is 10.1 Å². The minimum Gasteiger partial charge on any atom is -0.494 e. The van der Waals surface area contributed by atoms with Crippen LogP contribution in [0.4, 0.5) is 5.82 Å². The third-order valence-corrected chi connectivity index (χ3v) is 3.57. The van der Waals surface area contributed by atoms with Crippen LogP contribution in [0, 0.1) is 0 Å². The molecule has 3 aromatic rings. The molecule has 0 unspecified atom stereocenters. The Morgan fingerprint density at radius 2 is 2.17 bits per heavy atom. The number of hydrogen-bond donors (Lipinski definition) is 1. The molecule has 0 bridgehead atoms. The van der Waals surface area contributed by atoms with Crippen LogP contribution in [0.3, 0.4) is 0 Å². The molecule has 0 saturated carbocycles. The van der Waals surface area contributed by atoms with Crippen molar-refractivity contribution < 1.29 is 9.84 Å². The van der Waals surface area contributed by atoms with Crippen molar-refractivity contribution in [3.8, 4) is 5.75 Å². The largest absolute Gasteiger partial charge is 0.494 e. The van der Waals surface area contributed by atoms with Crippen LogP contribution in [-0.2, 0) is 6.54 Å². The van der Waals surface area contributed by atoms with E-state index in [1.54, 1.807) is 4.52 Å². The number of fused-ring (bicyclic) bond motifs is 1. The topological polar surface area (TPSA) is 62.9 Å². The highest BCUT2D eigenvalue weighted by Gasteiger charge is 2.13. The van der Waals surface area contributed by atoms with Crippen LogP contribution < -0.4 is 9.64 Å². The molecule has 0 saturated heterocycles. The van der Waals surface area contributed by atoms with Gasteiger partial charge in [-0.1, -0.05) is 12.1 Å². The van der Waals surface area contributed by atoms with E-state index in [-0.39, 0.29) is 6.61 Å². The van der Waals surface area contributed by atoms with Crippen molar-refractivity contribution in [2.75, 3.05) is 24.7 Å². The molecular weight excluding hydrogens is 292 g/mol. The summed E-state index contributed by atoms with van der Waals surface area (Å²) in [5.74, 6) is 1.66. The number of aliphatic hydroxyl groups excluding tert-OH is 1. The summed E-state index contributed by atoms with van der Waals surface area (Å²) in [5.41, 5.74) is 2.02. The molecule has 6 nitrogen and oxygen atoms in total. The van der Waals surface area contributed by atoms with Crippen LogP contribution in [0.2, 0.25) is 0 Å². The lowest BCUT2D eigenvalue weighted by atomic mass is 10.2. The predicted molar refractivity (Wildman–Crippen MR) is 88.7 cm³/mol. The van der Waals surface area contributed by atoms with Gasteiger partial charge in [-0.05, 0) is 36.8 Å². The SMILES string of the molecule is CCOc1cccc(CN(CCO)c2ncnn3cccc23)c1. The fraction of sp³-hybridized carbons (Fsp3) is 0.294. The predicted octanol–water partition coefficient (Wildman–Crippen LogP) is 2.13. The zero-order valence-corrected chi connectivity index (χ0v) is 13.1. The van der Waals surface area contributed by atoms with Crippen molar-refractivity contribution in [2.45, 2.75) is 13.5 Å². The van der Waals surface area contributed by atoms with Gasteiger partial charge in [0.2, 0.25) is 0 Å². The van der Waals surface area contributed by atoms with Crippen molar-refractivity contribution in [1.29, 1.82) is 0 Å². The van der Waals surface area contributed by atoms with Gasteiger partial charge in [-0.15, -0.1) is 0 Å². The molecule has 0 aliphatic carbocycles. The number of ether oxygens (including phenoxy) is 1. The molecule has 0 atom stereocenters. The highest BCUT2D eigenvalue weighted by Crippen LogP contribution is 2.22. The number of aromatic nitrogens is 3. The first-order valence-corrected chi connectivity index (χ1v) is 7.67. The number of rotatable bonds is 7. The maximum absolute atomic E-state index is 9.42. The maximum Gasteiger partial charge on any atom is 0.156 e. The molecule has 0 radical (unpaired) electrons. The Morgan fingerprint density at radius 1 is 1.26 bits per heavy atom. The molecule has 0 spiro atoms. The van der Waals surface area contributed by atoms with E-state index in [1.807, 2.05) is 54.4 Å². The molecular formula is C17H20N4O2. The Kier molecular flexibility index (Phi) is 4.73. The Balaban J connectivity index is 1.90. The number of benzene rings is 1. The number of anilines is 1. The van der Waals surface area contributed by atoms with Gasteiger partial charge in [0.25, 0.3) is 0 Å². The standard InChI is InChI=1S/C17H20N4O2/c1-2-23-15-6-3-5-14(11-15)12-20(9-10-22)17-16-7-4-8-21(16)19-13-18-17/h3-8,11,13,22H,2,9-10,12H2,1H3. The Hall–Kier alpha value is -2.60. The van der Waals surface area contributed by atoms with E-state index in [0.29, 0.717) is 19.7 Å². The highest BCUT2D eigenvalue weighted by atomic mass is 16.5. The van der Waals surface area contributed by atoms with Gasteiger partial charge in [-0.2, -0.15) is 5.10 Å². The second kappa shape index (κ2) is 7.11. The maximum atomic E-state index is 9.42. The highest BCUT2D eigenvalue weighted by molar-refractivity contribution is 5.68. The molecule has 6 heteroatoms. The van der Waals surface area contributed by atoms with E-state index in [4.69, 9.17) is 4.74 Å². The Morgan fingerprint density at radius 3 is 3.00 bits per heavy atom. The molecule has 0 aliphatic rings. The molecule has 3 rings (SSSR count). The second-order valence-corrected chi connectivity index (χ2v) is 5.15. The van der Waals surface area contributed by atoms with Gasteiger partial charge >= 0.3 is 0 Å². The average Bonchev–Trinajstić information content (AvgIpc) is 3.04. The van der Waals surface area contributed by atoms with E-state index < -0.39 is 0 Å². The summed E-state index contributed by atoms with van der Waals surface area (Å²) in [6.07, 6.45) is 3.41. The van der Waals surface area contributed by atoms with Gasteiger partial charge in [-0.3, -0.25) is 0 Å². The summed E-state index contributed by atoms with van der Waals surface area (Å²) >= 11 is 0. The van der Waals surface area contributed by atoms with Crippen LogP contribution in [0.1, 0.15) is 12.5 Å². The summed E-state index contributed by atoms with van der Waals surface area (Å²) in [7, 11) is 0. The summed E-state index contributed by atoms with van der Waals surface area (Å²) < 4.78 is 7.34. The molecule has 2 aromatic heterocycles. The molecule has 1 N–H and O–H groups in total. The van der Waals surface area contributed by atoms with E-state index in [9.17, 15) is 5.11 Å². The van der Waals surface area contributed by atoms with Gasteiger partial charge in [0, 0.05) is 19.3 Å². The van der Waals surface area contributed by atoms with E-state index in [1.165, 1.54) is 6.33 Å². The fourth-order valence-electron chi connectivity index (χ4n) is 2.60. The average molecular weight is 312 g/mol. The first-order valence-electron chi connectivity index (χ1n) is 7.67. The summed E-state index contributed by atoms with van der Waals surface area (Å²) in [4.78, 5) is 6.45. The van der Waals surface area contributed by atoms with Crippen molar-refractivity contribution in [3.63, 3.8) is 0 Å². The lowest BCUT2D eigenvalue weighted by Crippen LogP contribution is -2.27. The van der Waals surface area contributed by atoms with Crippen LogP contribution in [0.5, 0.6) is 5.75 Å². The molecule has 0 fully saturated rings. The van der Waals surface area contributed by atoms with Crippen LogP contribution in [0.15, 0.2) is 48.9 Å². The molecule has 0 amide bonds. The van der Waals surface area contributed by atoms with Crippen LogP contribution in [0.25, 0.3) is 5.52 Å². The fourth-order valence-corrected chi connectivity index (χ4v) is 2.60. The molecule has 0 aliphatic heterocycles. The van der Waals surface area contributed by atoms with Gasteiger partial charge in [0.05, 0.1) is 13.2 Å². The quantitative estimate of drug-likeness (QED) is 0.724. The van der Waals surface area contributed by atoms with Gasteiger partial charge < -0.3 is 14.7 Å². The summed E-state index contributed by atoms with van der Waals surface area (Å²) in [6, 6.07) is 11.9. The van der Waals surface area contributed by atoms with Crippen LogP contribution >= 0.6 is 0 Å². The first kappa shape index (κ1) is 15.3. The van der Waals surface area contributed by atoms with Crippen molar-refractivity contribution in [3.05, 3.63) is 54.5 Å². The minimum absolute atomic E-state index is 0.0576. The van der Waals surface area contributed by atoms with Crippen LogP contribution in [-0.4, -0.2) is 39.5 Å². The number of nitrogens with zero attached hydrogens (tertiary/aromatic N) is 4. The summed E-state index contributed by atoms with van der Waals surface area (Å²) in [6.45, 7) is 3.80. The molecule has 2 heterocycles. The van der Waals surface area contributed by atoms with Crippen molar-refractivity contribution >= 4 is 11.3 Å². The Bertz CT molecular complexity index is 772. The molecule has 1 aromatic carbocycles. The minimum atomic E-state index is 0.0576. The van der Waals surface area contributed by atoms with E-state index >= 15 is 0 Å². The zero-order valence-electron chi connectivity index (χ0n) is 13.1. The third-order valence-electron chi connectivity index (χ3n) is 3.57. The van der Waals surface area contributed by atoms with Crippen molar-refractivity contribution in [2.24, 2.45) is 0 Å². The number of aliphatic hydroxyl groups is 1. The molecule has 120 valence electrons. The Labute approximate surface area is 135 Å². The third kappa shape index (κ3) is 3.43. The zero-order chi connectivity index (χ0) is 16.1. The normalized spacial score (nSPS) is 10.9. The van der Waals surface area contributed by atoms with Gasteiger partial charge in [0.15, 0.2) is 5.82 Å². The monoisotopic (exact) mass is 312 g/mol. The van der Waals surface area contributed by atoms with Gasteiger partial charge in [0.1, 0.15) is 17.6 Å².